The Kier molecular flexibility index (Phi) is 1.78. The van der Waals surface area contributed by atoms with E-state index in [-0.39, 0.29) is 5.91 Å². The Labute approximate surface area is 87.3 Å². The molecular formula is C12H11NO2. The van der Waals surface area contributed by atoms with E-state index in [0.717, 1.165) is 30.5 Å². The second-order valence-corrected chi connectivity index (χ2v) is 3.79. The topological polar surface area (TPSA) is 33.5 Å². The van der Waals surface area contributed by atoms with E-state index in [0.29, 0.717) is 5.76 Å². The smallest absolute Gasteiger partial charge is 0.289 e. The van der Waals surface area contributed by atoms with Crippen molar-refractivity contribution >= 4 is 16.9 Å². The van der Waals surface area contributed by atoms with Gasteiger partial charge in [-0.25, -0.2) is 0 Å². The zero-order chi connectivity index (χ0) is 10.3. The minimum atomic E-state index is 0.0115. The molecule has 76 valence electrons. The normalized spacial score (nSPS) is 15.3. The van der Waals surface area contributed by atoms with Gasteiger partial charge in [-0.05, 0) is 18.6 Å². The zero-order valence-corrected chi connectivity index (χ0v) is 8.27. The van der Waals surface area contributed by atoms with Crippen molar-refractivity contribution in [2.24, 2.45) is 0 Å². The molecule has 1 aromatic heterocycles. The molecule has 0 N–H and O–H groups in total. The summed E-state index contributed by atoms with van der Waals surface area (Å²) in [6.07, 6.45) is 1.10. The number of rotatable bonds is 1. The molecule has 3 heteroatoms. The molecule has 3 nitrogen and oxygen atoms in total. The first kappa shape index (κ1) is 8.53. The maximum atomic E-state index is 11.8. The first-order chi connectivity index (χ1) is 7.34. The van der Waals surface area contributed by atoms with E-state index in [1.165, 1.54) is 0 Å². The standard InChI is InChI=1S/C12H11NO2/c14-12(13-6-3-7-13)11-8-9-4-1-2-5-10(9)15-11/h1-2,4-5,8H,3,6-7H2. The molecule has 1 aliphatic heterocycles. The van der Waals surface area contributed by atoms with Crippen LogP contribution in [0.3, 0.4) is 0 Å². The molecule has 0 saturated carbocycles. The van der Waals surface area contributed by atoms with Crippen molar-refractivity contribution in [1.82, 2.24) is 4.90 Å². The first-order valence-electron chi connectivity index (χ1n) is 5.12. The van der Waals surface area contributed by atoms with Gasteiger partial charge in [-0.2, -0.15) is 0 Å². The van der Waals surface area contributed by atoms with Crippen molar-refractivity contribution < 1.29 is 9.21 Å². The summed E-state index contributed by atoms with van der Waals surface area (Å²) < 4.78 is 5.50. The molecule has 1 fully saturated rings. The van der Waals surface area contributed by atoms with Crippen LogP contribution in [0.25, 0.3) is 11.0 Å². The quantitative estimate of drug-likeness (QED) is 0.709. The van der Waals surface area contributed by atoms with E-state index in [1.54, 1.807) is 4.90 Å². The van der Waals surface area contributed by atoms with Crippen molar-refractivity contribution in [3.8, 4) is 0 Å². The van der Waals surface area contributed by atoms with Crippen LogP contribution in [0.4, 0.5) is 0 Å². The van der Waals surface area contributed by atoms with Crippen LogP contribution in [0, 0.1) is 0 Å². The largest absolute Gasteiger partial charge is 0.451 e. The van der Waals surface area contributed by atoms with Crippen molar-refractivity contribution in [3.05, 3.63) is 36.1 Å². The average molecular weight is 201 g/mol. The van der Waals surface area contributed by atoms with Gasteiger partial charge in [0, 0.05) is 18.5 Å². The third kappa shape index (κ3) is 1.31. The van der Waals surface area contributed by atoms with E-state index in [1.807, 2.05) is 30.3 Å². The van der Waals surface area contributed by atoms with Crippen molar-refractivity contribution in [1.29, 1.82) is 0 Å². The van der Waals surface area contributed by atoms with Crippen LogP contribution in [-0.2, 0) is 0 Å². The number of carbonyl (C=O) groups excluding carboxylic acids is 1. The molecule has 1 aliphatic rings. The highest BCUT2D eigenvalue weighted by atomic mass is 16.3. The van der Waals surface area contributed by atoms with Gasteiger partial charge < -0.3 is 9.32 Å². The number of carbonyl (C=O) groups is 1. The highest BCUT2D eigenvalue weighted by molar-refractivity contribution is 5.96. The third-order valence-electron chi connectivity index (χ3n) is 2.78. The maximum Gasteiger partial charge on any atom is 0.289 e. The number of furan rings is 1. The number of likely N-dealkylation sites (tertiary alicyclic amines) is 1. The molecule has 2 aromatic rings. The molecule has 0 spiro atoms. The molecular weight excluding hydrogens is 190 g/mol. The van der Waals surface area contributed by atoms with E-state index in [2.05, 4.69) is 0 Å². The lowest BCUT2D eigenvalue weighted by Crippen LogP contribution is -2.41. The predicted molar refractivity (Wildman–Crippen MR) is 56.7 cm³/mol. The number of fused-ring (bicyclic) bond motifs is 1. The molecule has 1 aromatic carbocycles. The second kappa shape index (κ2) is 3.12. The zero-order valence-electron chi connectivity index (χ0n) is 8.27. The summed E-state index contributed by atoms with van der Waals surface area (Å²) >= 11 is 0. The molecule has 0 atom stereocenters. The summed E-state index contributed by atoms with van der Waals surface area (Å²) in [5, 5.41) is 0.987. The lowest BCUT2D eigenvalue weighted by Gasteiger charge is -2.29. The summed E-state index contributed by atoms with van der Waals surface area (Å²) in [6, 6.07) is 9.49. The molecule has 0 unspecified atom stereocenters. The Balaban J connectivity index is 2.00. The van der Waals surface area contributed by atoms with Gasteiger partial charge in [0.2, 0.25) is 0 Å². The highest BCUT2D eigenvalue weighted by Gasteiger charge is 2.24. The number of hydrogen-bond donors (Lipinski definition) is 0. The van der Waals surface area contributed by atoms with Gasteiger partial charge in [-0.3, -0.25) is 4.79 Å². The van der Waals surface area contributed by atoms with Gasteiger partial charge in [0.25, 0.3) is 5.91 Å². The third-order valence-corrected chi connectivity index (χ3v) is 2.78. The van der Waals surface area contributed by atoms with E-state index >= 15 is 0 Å². The van der Waals surface area contributed by atoms with Crippen molar-refractivity contribution in [3.63, 3.8) is 0 Å². The second-order valence-electron chi connectivity index (χ2n) is 3.79. The van der Waals surface area contributed by atoms with Gasteiger partial charge in [-0.1, -0.05) is 18.2 Å². The summed E-state index contributed by atoms with van der Waals surface area (Å²) in [6.45, 7) is 1.71. The Morgan fingerprint density at radius 2 is 2.07 bits per heavy atom. The predicted octanol–water partition coefficient (Wildman–Crippen LogP) is 2.28. The van der Waals surface area contributed by atoms with Crippen LogP contribution < -0.4 is 0 Å². The Hall–Kier alpha value is -1.77. The van der Waals surface area contributed by atoms with E-state index in [4.69, 9.17) is 4.42 Å². The van der Waals surface area contributed by atoms with Gasteiger partial charge in [0.05, 0.1) is 0 Å². The molecule has 0 aliphatic carbocycles. The fourth-order valence-corrected chi connectivity index (χ4v) is 1.76. The minimum absolute atomic E-state index is 0.0115. The average Bonchev–Trinajstić information content (AvgIpc) is 2.58. The number of hydrogen-bond acceptors (Lipinski definition) is 2. The number of para-hydroxylation sites is 1. The Morgan fingerprint density at radius 1 is 1.27 bits per heavy atom. The van der Waals surface area contributed by atoms with Crippen molar-refractivity contribution in [2.45, 2.75) is 6.42 Å². The van der Waals surface area contributed by atoms with Gasteiger partial charge in [-0.15, -0.1) is 0 Å². The summed E-state index contributed by atoms with van der Waals surface area (Å²) in [5.74, 6) is 0.466. The Bertz CT molecular complexity index is 478. The summed E-state index contributed by atoms with van der Waals surface area (Å²) in [7, 11) is 0. The lowest BCUT2D eigenvalue weighted by atomic mass is 10.2. The van der Waals surface area contributed by atoms with Crippen molar-refractivity contribution in [2.75, 3.05) is 13.1 Å². The number of benzene rings is 1. The van der Waals surface area contributed by atoms with Crippen LogP contribution in [0.15, 0.2) is 34.7 Å². The molecule has 0 bridgehead atoms. The van der Waals surface area contributed by atoms with Crippen LogP contribution in [-0.4, -0.2) is 23.9 Å². The maximum absolute atomic E-state index is 11.8. The van der Waals surface area contributed by atoms with Crippen LogP contribution in [0.1, 0.15) is 17.0 Å². The monoisotopic (exact) mass is 201 g/mol. The number of amides is 1. The number of nitrogens with zero attached hydrogens (tertiary/aromatic N) is 1. The Morgan fingerprint density at radius 3 is 2.73 bits per heavy atom. The van der Waals surface area contributed by atoms with Crippen LogP contribution >= 0.6 is 0 Å². The first-order valence-corrected chi connectivity index (χ1v) is 5.12. The highest BCUT2D eigenvalue weighted by Crippen LogP contribution is 2.21. The molecule has 1 saturated heterocycles. The van der Waals surface area contributed by atoms with E-state index < -0.39 is 0 Å². The summed E-state index contributed by atoms with van der Waals surface area (Å²) in [4.78, 5) is 13.6. The van der Waals surface area contributed by atoms with Gasteiger partial charge in [0.1, 0.15) is 5.58 Å². The minimum Gasteiger partial charge on any atom is -0.451 e. The molecule has 3 rings (SSSR count). The molecule has 0 radical (unpaired) electrons. The SMILES string of the molecule is O=C(c1cc2ccccc2o1)N1CCC1. The van der Waals surface area contributed by atoms with Gasteiger partial charge >= 0.3 is 0 Å². The van der Waals surface area contributed by atoms with Crippen LogP contribution in [0.2, 0.25) is 0 Å². The molecule has 15 heavy (non-hydrogen) atoms. The molecule has 1 amide bonds. The fourth-order valence-electron chi connectivity index (χ4n) is 1.76. The molecule has 2 heterocycles. The van der Waals surface area contributed by atoms with E-state index in [9.17, 15) is 4.79 Å². The van der Waals surface area contributed by atoms with Gasteiger partial charge in [0.15, 0.2) is 5.76 Å². The fraction of sp³-hybridized carbons (Fsp3) is 0.250. The van der Waals surface area contributed by atoms with Crippen LogP contribution in [0.5, 0.6) is 0 Å². The summed E-state index contributed by atoms with van der Waals surface area (Å²) in [5.41, 5.74) is 0.779. The lowest BCUT2D eigenvalue weighted by molar-refractivity contribution is 0.0621.